The van der Waals surface area contributed by atoms with Gasteiger partial charge in [0.2, 0.25) is 0 Å². The summed E-state index contributed by atoms with van der Waals surface area (Å²) in [6.45, 7) is 3.63. The Labute approximate surface area is 120 Å². The number of benzene rings is 2. The maximum Gasteiger partial charge on any atom is 0.104 e. The van der Waals surface area contributed by atoms with Crippen molar-refractivity contribution in [1.82, 2.24) is 0 Å². The molecule has 106 valence electrons. The van der Waals surface area contributed by atoms with Gasteiger partial charge in [0, 0.05) is 0 Å². The standard InChI is InChI=1S/C18H22O2/c1-18(2,20)12-11-14-7-6-10-16(13-14)17(19)15-8-4-3-5-9-15/h3-10,13,17,19-20H,11-12H2,1-2H3. The molecule has 1 atom stereocenters. The number of aryl methyl sites for hydroxylation is 1. The van der Waals surface area contributed by atoms with E-state index >= 15 is 0 Å². The van der Waals surface area contributed by atoms with E-state index in [4.69, 9.17) is 0 Å². The van der Waals surface area contributed by atoms with Crippen LogP contribution in [0.5, 0.6) is 0 Å². The molecular weight excluding hydrogens is 248 g/mol. The zero-order valence-corrected chi connectivity index (χ0v) is 12.1. The van der Waals surface area contributed by atoms with Crippen LogP contribution in [0.15, 0.2) is 54.6 Å². The van der Waals surface area contributed by atoms with Gasteiger partial charge in [-0.05, 0) is 43.4 Å². The fourth-order valence-electron chi connectivity index (χ4n) is 2.20. The lowest BCUT2D eigenvalue weighted by atomic mass is 9.95. The normalized spacial score (nSPS) is 13.2. The summed E-state index contributed by atoms with van der Waals surface area (Å²) in [6.07, 6.45) is 0.912. The molecule has 0 radical (unpaired) electrons. The molecule has 0 heterocycles. The Bertz CT molecular complexity index is 541. The lowest BCUT2D eigenvalue weighted by molar-refractivity contribution is 0.0714. The molecule has 0 aliphatic rings. The largest absolute Gasteiger partial charge is 0.390 e. The summed E-state index contributed by atoms with van der Waals surface area (Å²) in [4.78, 5) is 0. The van der Waals surface area contributed by atoms with E-state index in [2.05, 4.69) is 0 Å². The van der Waals surface area contributed by atoms with E-state index in [1.165, 1.54) is 0 Å². The zero-order valence-electron chi connectivity index (χ0n) is 12.1. The van der Waals surface area contributed by atoms with E-state index < -0.39 is 11.7 Å². The predicted octanol–water partition coefficient (Wildman–Crippen LogP) is 3.47. The van der Waals surface area contributed by atoms with Gasteiger partial charge < -0.3 is 10.2 Å². The van der Waals surface area contributed by atoms with Crippen molar-refractivity contribution in [3.05, 3.63) is 71.3 Å². The third kappa shape index (κ3) is 4.19. The van der Waals surface area contributed by atoms with Crippen LogP contribution < -0.4 is 0 Å². The summed E-state index contributed by atoms with van der Waals surface area (Å²) >= 11 is 0. The van der Waals surface area contributed by atoms with Gasteiger partial charge in [0.1, 0.15) is 6.10 Å². The highest BCUT2D eigenvalue weighted by molar-refractivity contribution is 5.32. The summed E-state index contributed by atoms with van der Waals surface area (Å²) in [5.41, 5.74) is 2.27. The highest BCUT2D eigenvalue weighted by atomic mass is 16.3. The average Bonchev–Trinajstić information content (AvgIpc) is 2.45. The molecule has 2 aromatic carbocycles. The summed E-state index contributed by atoms with van der Waals surface area (Å²) in [6, 6.07) is 17.6. The van der Waals surface area contributed by atoms with Gasteiger partial charge in [-0.25, -0.2) is 0 Å². The fraction of sp³-hybridized carbons (Fsp3) is 0.333. The average molecular weight is 270 g/mol. The quantitative estimate of drug-likeness (QED) is 0.873. The van der Waals surface area contributed by atoms with Gasteiger partial charge in [0.15, 0.2) is 0 Å². The van der Waals surface area contributed by atoms with Gasteiger partial charge in [-0.15, -0.1) is 0 Å². The minimum atomic E-state index is -0.659. The summed E-state index contributed by atoms with van der Waals surface area (Å²) < 4.78 is 0. The van der Waals surface area contributed by atoms with Crippen molar-refractivity contribution in [3.8, 4) is 0 Å². The Hall–Kier alpha value is -1.64. The van der Waals surface area contributed by atoms with Crippen LogP contribution >= 0.6 is 0 Å². The van der Waals surface area contributed by atoms with Gasteiger partial charge in [-0.2, -0.15) is 0 Å². The molecule has 0 amide bonds. The second-order valence-corrected chi connectivity index (χ2v) is 5.87. The van der Waals surface area contributed by atoms with E-state index in [-0.39, 0.29) is 0 Å². The molecule has 2 rings (SSSR count). The first-order valence-corrected chi connectivity index (χ1v) is 7.00. The fourth-order valence-corrected chi connectivity index (χ4v) is 2.20. The monoisotopic (exact) mass is 270 g/mol. The van der Waals surface area contributed by atoms with E-state index in [0.29, 0.717) is 6.42 Å². The van der Waals surface area contributed by atoms with Crippen LogP contribution in [0.4, 0.5) is 0 Å². The second-order valence-electron chi connectivity index (χ2n) is 5.87. The first kappa shape index (κ1) is 14.8. The van der Waals surface area contributed by atoms with Crippen LogP contribution in [0.2, 0.25) is 0 Å². The number of rotatable bonds is 5. The van der Waals surface area contributed by atoms with Gasteiger partial charge >= 0.3 is 0 Å². The number of aliphatic hydroxyl groups excluding tert-OH is 1. The molecule has 0 aromatic heterocycles. The molecule has 20 heavy (non-hydrogen) atoms. The number of hydrogen-bond acceptors (Lipinski definition) is 2. The Morgan fingerprint density at radius 1 is 0.950 bits per heavy atom. The van der Waals surface area contributed by atoms with Crippen LogP contribution in [-0.2, 0) is 6.42 Å². The molecule has 0 saturated heterocycles. The topological polar surface area (TPSA) is 40.5 Å². The van der Waals surface area contributed by atoms with Crippen molar-refractivity contribution in [3.63, 3.8) is 0 Å². The molecule has 1 unspecified atom stereocenters. The van der Waals surface area contributed by atoms with Gasteiger partial charge in [-0.1, -0.05) is 54.6 Å². The molecule has 0 aliphatic carbocycles. The second kappa shape index (κ2) is 6.21. The number of aliphatic hydroxyl groups is 2. The van der Waals surface area contributed by atoms with Crippen molar-refractivity contribution in [2.75, 3.05) is 0 Å². The third-order valence-electron chi connectivity index (χ3n) is 3.41. The SMILES string of the molecule is CC(C)(O)CCc1cccc(C(O)c2ccccc2)c1. The van der Waals surface area contributed by atoms with E-state index in [9.17, 15) is 10.2 Å². The molecule has 0 fully saturated rings. The van der Waals surface area contributed by atoms with Crippen molar-refractivity contribution < 1.29 is 10.2 Å². The predicted molar refractivity (Wildman–Crippen MR) is 81.6 cm³/mol. The van der Waals surface area contributed by atoms with Crippen LogP contribution in [0.1, 0.15) is 43.1 Å². The van der Waals surface area contributed by atoms with E-state index in [0.717, 1.165) is 23.1 Å². The van der Waals surface area contributed by atoms with Crippen LogP contribution in [-0.4, -0.2) is 15.8 Å². The van der Waals surface area contributed by atoms with Crippen LogP contribution in [0, 0.1) is 0 Å². The molecule has 0 bridgehead atoms. The molecule has 0 saturated carbocycles. The minimum Gasteiger partial charge on any atom is -0.390 e. The summed E-state index contributed by atoms with van der Waals surface area (Å²) in [5.74, 6) is 0. The lowest BCUT2D eigenvalue weighted by Crippen LogP contribution is -2.19. The first-order chi connectivity index (χ1) is 9.46. The Morgan fingerprint density at radius 2 is 1.60 bits per heavy atom. The molecule has 2 heteroatoms. The van der Waals surface area contributed by atoms with Crippen LogP contribution in [0.25, 0.3) is 0 Å². The molecule has 2 N–H and O–H groups in total. The molecular formula is C18H22O2. The van der Waals surface area contributed by atoms with Crippen LogP contribution in [0.3, 0.4) is 0 Å². The molecule has 2 aromatic rings. The minimum absolute atomic E-state index is 0.599. The Morgan fingerprint density at radius 3 is 2.25 bits per heavy atom. The van der Waals surface area contributed by atoms with Crippen molar-refractivity contribution in [2.45, 2.75) is 38.4 Å². The lowest BCUT2D eigenvalue weighted by Gasteiger charge is -2.17. The summed E-state index contributed by atoms with van der Waals surface area (Å²) in [7, 11) is 0. The van der Waals surface area contributed by atoms with E-state index in [1.54, 1.807) is 0 Å². The van der Waals surface area contributed by atoms with Crippen molar-refractivity contribution in [2.24, 2.45) is 0 Å². The smallest absolute Gasteiger partial charge is 0.104 e. The zero-order chi connectivity index (χ0) is 14.6. The Kier molecular flexibility index (Phi) is 4.58. The Balaban J connectivity index is 2.13. The summed E-state index contributed by atoms with van der Waals surface area (Å²) in [5, 5.41) is 20.2. The molecule has 0 spiro atoms. The highest BCUT2D eigenvalue weighted by Gasteiger charge is 2.14. The highest BCUT2D eigenvalue weighted by Crippen LogP contribution is 2.23. The third-order valence-corrected chi connectivity index (χ3v) is 3.41. The maximum atomic E-state index is 10.4. The molecule has 0 aliphatic heterocycles. The van der Waals surface area contributed by atoms with Crippen molar-refractivity contribution in [1.29, 1.82) is 0 Å². The first-order valence-electron chi connectivity index (χ1n) is 7.00. The maximum absolute atomic E-state index is 10.4. The van der Waals surface area contributed by atoms with E-state index in [1.807, 2.05) is 68.4 Å². The van der Waals surface area contributed by atoms with Crippen molar-refractivity contribution >= 4 is 0 Å². The number of hydrogen-bond donors (Lipinski definition) is 2. The van der Waals surface area contributed by atoms with Gasteiger partial charge in [-0.3, -0.25) is 0 Å². The van der Waals surface area contributed by atoms with Gasteiger partial charge in [0.25, 0.3) is 0 Å². The van der Waals surface area contributed by atoms with Gasteiger partial charge in [0.05, 0.1) is 5.60 Å². The molecule has 2 nitrogen and oxygen atoms in total.